The average Bonchev–Trinajstić information content (AvgIpc) is 1.85. The van der Waals surface area contributed by atoms with E-state index in [1.807, 2.05) is 0 Å². The molecule has 1 aliphatic rings. The van der Waals surface area contributed by atoms with Crippen molar-refractivity contribution >= 4 is 0 Å². The van der Waals surface area contributed by atoms with E-state index in [4.69, 9.17) is 10.2 Å². The fraction of sp³-hybridized carbons (Fsp3) is 1.00. The van der Waals surface area contributed by atoms with E-state index in [9.17, 15) is 0 Å². The first kappa shape index (κ1) is 6.01. The van der Waals surface area contributed by atoms with Crippen LogP contribution >= 0.6 is 0 Å². The molecule has 0 bridgehead atoms. The highest BCUT2D eigenvalue weighted by Gasteiger charge is 2.25. The van der Waals surface area contributed by atoms with Crippen LogP contribution in [0.4, 0.5) is 0 Å². The lowest BCUT2D eigenvalue weighted by molar-refractivity contribution is 0.0564. The lowest BCUT2D eigenvalue weighted by Gasteiger charge is -2.10. The molecule has 0 amide bonds. The van der Waals surface area contributed by atoms with Gasteiger partial charge in [0.15, 0.2) is 0 Å². The highest BCUT2D eigenvalue weighted by Crippen LogP contribution is 2.11. The maximum atomic E-state index is 8.93. The van der Waals surface area contributed by atoms with E-state index in [0.717, 1.165) is 0 Å². The van der Waals surface area contributed by atoms with Crippen LogP contribution in [0.25, 0.3) is 0 Å². The zero-order valence-electron chi connectivity index (χ0n) is 4.91. The van der Waals surface area contributed by atoms with E-state index in [1.165, 1.54) is 0 Å². The highest BCUT2D eigenvalue weighted by molar-refractivity contribution is 4.74. The van der Waals surface area contributed by atoms with Gasteiger partial charge in [-0.05, 0) is 7.05 Å². The SMILES string of the molecule is CN1C[C@H](O)C[C@@H]1O. The van der Waals surface area contributed by atoms with Crippen molar-refractivity contribution in [2.75, 3.05) is 13.6 Å². The number of aliphatic hydroxyl groups excluding tert-OH is 2. The lowest BCUT2D eigenvalue weighted by Crippen LogP contribution is -2.24. The molecule has 0 radical (unpaired) electrons. The Balaban J connectivity index is 2.39. The van der Waals surface area contributed by atoms with Crippen molar-refractivity contribution in [3.63, 3.8) is 0 Å². The minimum Gasteiger partial charge on any atom is -0.392 e. The fourth-order valence-corrected chi connectivity index (χ4v) is 0.952. The standard InChI is InChI=1S/C5H11NO2/c1-6-3-4(7)2-5(6)8/h4-5,7-8H,2-3H2,1H3/t4-,5+/m1/s1. The van der Waals surface area contributed by atoms with Gasteiger partial charge in [-0.25, -0.2) is 0 Å². The van der Waals surface area contributed by atoms with Crippen molar-refractivity contribution < 1.29 is 10.2 Å². The Morgan fingerprint density at radius 3 is 2.25 bits per heavy atom. The third kappa shape index (κ3) is 0.992. The van der Waals surface area contributed by atoms with Crippen LogP contribution in [-0.4, -0.2) is 41.0 Å². The summed E-state index contributed by atoms with van der Waals surface area (Å²) in [5.41, 5.74) is 0. The smallest absolute Gasteiger partial charge is 0.109 e. The van der Waals surface area contributed by atoms with Crippen LogP contribution in [0.15, 0.2) is 0 Å². The van der Waals surface area contributed by atoms with Gasteiger partial charge in [0.2, 0.25) is 0 Å². The number of likely N-dealkylation sites (tertiary alicyclic amines) is 1. The van der Waals surface area contributed by atoms with Crippen LogP contribution in [0, 0.1) is 0 Å². The summed E-state index contributed by atoms with van der Waals surface area (Å²) in [6, 6.07) is 0. The van der Waals surface area contributed by atoms with E-state index >= 15 is 0 Å². The number of β-amino-alcohol motifs (C(OH)–C–C–N with tert-alkyl or cyclic N) is 1. The molecule has 0 aromatic carbocycles. The summed E-state index contributed by atoms with van der Waals surface area (Å²) in [6.07, 6.45) is -0.253. The number of likely N-dealkylation sites (N-methyl/N-ethyl adjacent to an activating group) is 1. The second-order valence-electron chi connectivity index (χ2n) is 2.31. The average molecular weight is 117 g/mol. The summed E-state index contributed by atoms with van der Waals surface area (Å²) in [4.78, 5) is 1.73. The van der Waals surface area contributed by atoms with E-state index in [0.29, 0.717) is 13.0 Å². The summed E-state index contributed by atoms with van der Waals surface area (Å²) in [5.74, 6) is 0. The first-order chi connectivity index (χ1) is 3.70. The first-order valence-electron chi connectivity index (χ1n) is 2.76. The maximum absolute atomic E-state index is 8.93. The molecule has 3 heteroatoms. The number of hydrogen-bond donors (Lipinski definition) is 2. The maximum Gasteiger partial charge on any atom is 0.109 e. The number of nitrogens with zero attached hydrogens (tertiary/aromatic N) is 1. The minimum absolute atomic E-state index is 0.324. The summed E-state index contributed by atoms with van der Waals surface area (Å²) < 4.78 is 0. The van der Waals surface area contributed by atoms with E-state index in [1.54, 1.807) is 11.9 Å². The molecule has 48 valence electrons. The molecule has 3 nitrogen and oxygen atoms in total. The van der Waals surface area contributed by atoms with Crippen LogP contribution in [0.5, 0.6) is 0 Å². The molecule has 8 heavy (non-hydrogen) atoms. The molecule has 0 spiro atoms. The van der Waals surface area contributed by atoms with E-state index in [2.05, 4.69) is 0 Å². The third-order valence-corrected chi connectivity index (χ3v) is 1.49. The molecular weight excluding hydrogens is 106 g/mol. The van der Waals surface area contributed by atoms with Gasteiger partial charge in [0.25, 0.3) is 0 Å². The molecule has 1 saturated heterocycles. The van der Waals surface area contributed by atoms with Gasteiger partial charge in [0, 0.05) is 13.0 Å². The van der Waals surface area contributed by atoms with Gasteiger partial charge < -0.3 is 10.2 Å². The monoisotopic (exact) mass is 117 g/mol. The highest BCUT2D eigenvalue weighted by atomic mass is 16.3. The second-order valence-corrected chi connectivity index (χ2v) is 2.31. The Labute approximate surface area is 48.5 Å². The summed E-state index contributed by atoms with van der Waals surface area (Å²) in [5, 5.41) is 17.8. The largest absolute Gasteiger partial charge is 0.392 e. The molecule has 2 N–H and O–H groups in total. The van der Waals surface area contributed by atoms with E-state index in [-0.39, 0.29) is 6.10 Å². The number of rotatable bonds is 0. The Hall–Kier alpha value is -0.120. The summed E-state index contributed by atoms with van der Waals surface area (Å²) in [7, 11) is 1.79. The molecule has 1 rings (SSSR count). The summed E-state index contributed by atoms with van der Waals surface area (Å²) >= 11 is 0. The Morgan fingerprint density at radius 1 is 1.50 bits per heavy atom. The Morgan fingerprint density at radius 2 is 2.12 bits per heavy atom. The topological polar surface area (TPSA) is 43.7 Å². The fourth-order valence-electron chi connectivity index (χ4n) is 0.952. The van der Waals surface area contributed by atoms with Gasteiger partial charge in [0.05, 0.1) is 6.10 Å². The number of hydrogen-bond acceptors (Lipinski definition) is 3. The summed E-state index contributed by atoms with van der Waals surface area (Å²) in [6.45, 7) is 0.598. The van der Waals surface area contributed by atoms with Gasteiger partial charge in [-0.3, -0.25) is 4.90 Å². The van der Waals surface area contributed by atoms with Gasteiger partial charge in [-0.15, -0.1) is 0 Å². The molecule has 1 heterocycles. The van der Waals surface area contributed by atoms with Gasteiger partial charge in [-0.1, -0.05) is 0 Å². The molecule has 0 saturated carbocycles. The molecule has 0 aromatic heterocycles. The van der Waals surface area contributed by atoms with E-state index < -0.39 is 6.23 Å². The first-order valence-corrected chi connectivity index (χ1v) is 2.76. The number of aliphatic hydroxyl groups is 2. The van der Waals surface area contributed by atoms with Gasteiger partial charge in [0.1, 0.15) is 6.23 Å². The normalized spacial score (nSPS) is 40.9. The van der Waals surface area contributed by atoms with Crippen molar-refractivity contribution in [1.82, 2.24) is 4.90 Å². The predicted molar refractivity (Wildman–Crippen MR) is 29.3 cm³/mol. The zero-order chi connectivity index (χ0) is 6.15. The van der Waals surface area contributed by atoms with Crippen molar-refractivity contribution in [2.24, 2.45) is 0 Å². The van der Waals surface area contributed by atoms with Crippen LogP contribution in [0.2, 0.25) is 0 Å². The predicted octanol–water partition coefficient (Wildman–Crippen LogP) is -0.999. The zero-order valence-corrected chi connectivity index (χ0v) is 4.91. The molecule has 0 aromatic rings. The van der Waals surface area contributed by atoms with Crippen molar-refractivity contribution in [2.45, 2.75) is 18.8 Å². The molecular formula is C5H11NO2. The van der Waals surface area contributed by atoms with Crippen LogP contribution in [-0.2, 0) is 0 Å². The molecule has 0 aliphatic carbocycles. The van der Waals surface area contributed by atoms with Crippen molar-refractivity contribution in [3.8, 4) is 0 Å². The molecule has 0 unspecified atom stereocenters. The van der Waals surface area contributed by atoms with Gasteiger partial charge >= 0.3 is 0 Å². The Bertz CT molecular complexity index is 76.5. The van der Waals surface area contributed by atoms with Crippen LogP contribution in [0.3, 0.4) is 0 Å². The van der Waals surface area contributed by atoms with Crippen molar-refractivity contribution in [1.29, 1.82) is 0 Å². The van der Waals surface area contributed by atoms with Crippen LogP contribution in [0.1, 0.15) is 6.42 Å². The quantitative estimate of drug-likeness (QED) is 0.428. The molecule has 1 fully saturated rings. The molecule has 1 aliphatic heterocycles. The third-order valence-electron chi connectivity index (χ3n) is 1.49. The second kappa shape index (κ2) is 2.01. The Kier molecular flexibility index (Phi) is 1.51. The van der Waals surface area contributed by atoms with Crippen molar-refractivity contribution in [3.05, 3.63) is 0 Å². The lowest BCUT2D eigenvalue weighted by atomic mass is 10.3. The van der Waals surface area contributed by atoms with Gasteiger partial charge in [-0.2, -0.15) is 0 Å². The van der Waals surface area contributed by atoms with Crippen LogP contribution < -0.4 is 0 Å². The molecule has 2 atom stereocenters. The minimum atomic E-state index is -0.426.